The van der Waals surface area contributed by atoms with Gasteiger partial charge in [-0.15, -0.1) is 0 Å². The lowest BCUT2D eigenvalue weighted by Crippen LogP contribution is -2.10. The SMILES string of the molecule is CC(C)c1nc(CN)n(Cc2ccncc2)c1Sc1cc(F)cc(F)c1. The van der Waals surface area contributed by atoms with E-state index in [2.05, 4.69) is 9.97 Å². The molecule has 26 heavy (non-hydrogen) atoms. The smallest absolute Gasteiger partial charge is 0.127 e. The molecule has 0 spiro atoms. The zero-order valence-corrected chi connectivity index (χ0v) is 15.4. The highest BCUT2D eigenvalue weighted by Crippen LogP contribution is 2.36. The fourth-order valence-corrected chi connectivity index (χ4v) is 3.91. The summed E-state index contributed by atoms with van der Waals surface area (Å²) in [5.74, 6) is -0.305. The number of rotatable bonds is 6. The van der Waals surface area contributed by atoms with E-state index in [1.807, 2.05) is 30.5 Å². The Hall–Kier alpha value is -2.25. The number of halogens is 2. The van der Waals surface area contributed by atoms with Gasteiger partial charge in [0.15, 0.2) is 0 Å². The molecule has 0 atom stereocenters. The summed E-state index contributed by atoms with van der Waals surface area (Å²) in [5, 5.41) is 0.849. The summed E-state index contributed by atoms with van der Waals surface area (Å²) in [4.78, 5) is 9.20. The molecule has 0 aliphatic rings. The van der Waals surface area contributed by atoms with Crippen LogP contribution in [0.4, 0.5) is 8.78 Å². The fraction of sp³-hybridized carbons (Fsp3) is 0.263. The van der Waals surface area contributed by atoms with Crippen LogP contribution < -0.4 is 5.73 Å². The normalized spacial score (nSPS) is 11.3. The van der Waals surface area contributed by atoms with E-state index in [9.17, 15) is 8.78 Å². The fourth-order valence-electron chi connectivity index (χ4n) is 2.67. The second-order valence-corrected chi connectivity index (χ2v) is 7.29. The molecule has 4 nitrogen and oxygen atoms in total. The van der Waals surface area contributed by atoms with Crippen LogP contribution in [0.2, 0.25) is 0 Å². The molecule has 2 N–H and O–H groups in total. The van der Waals surface area contributed by atoms with Crippen LogP contribution in [0.3, 0.4) is 0 Å². The number of imidazole rings is 1. The van der Waals surface area contributed by atoms with Crippen LogP contribution in [-0.2, 0) is 13.1 Å². The summed E-state index contributed by atoms with van der Waals surface area (Å²) in [6, 6.07) is 7.36. The number of hydrogen-bond donors (Lipinski definition) is 1. The molecule has 7 heteroatoms. The summed E-state index contributed by atoms with van der Waals surface area (Å²) in [6.07, 6.45) is 3.46. The van der Waals surface area contributed by atoms with Crippen molar-refractivity contribution in [2.45, 2.75) is 42.8 Å². The van der Waals surface area contributed by atoms with Gasteiger partial charge in [-0.3, -0.25) is 4.98 Å². The maximum absolute atomic E-state index is 13.6. The lowest BCUT2D eigenvalue weighted by atomic mass is 10.1. The molecule has 136 valence electrons. The summed E-state index contributed by atoms with van der Waals surface area (Å²) in [6.45, 7) is 4.92. The Morgan fingerprint density at radius 1 is 1.12 bits per heavy atom. The molecular weight excluding hydrogens is 354 g/mol. The number of nitrogens with zero attached hydrogens (tertiary/aromatic N) is 3. The third-order valence-corrected chi connectivity index (χ3v) is 4.99. The predicted molar refractivity (Wildman–Crippen MR) is 98.0 cm³/mol. The lowest BCUT2D eigenvalue weighted by molar-refractivity contribution is 0.577. The van der Waals surface area contributed by atoms with Gasteiger partial charge < -0.3 is 10.3 Å². The van der Waals surface area contributed by atoms with Crippen molar-refractivity contribution >= 4 is 11.8 Å². The molecule has 0 aliphatic heterocycles. The van der Waals surface area contributed by atoms with E-state index in [-0.39, 0.29) is 12.5 Å². The predicted octanol–water partition coefficient (Wildman–Crippen LogP) is 4.34. The van der Waals surface area contributed by atoms with E-state index in [4.69, 9.17) is 5.73 Å². The van der Waals surface area contributed by atoms with Gasteiger partial charge in [0.1, 0.15) is 22.5 Å². The molecule has 0 fully saturated rings. The molecule has 2 aromatic heterocycles. The standard InChI is InChI=1S/C19H20F2N4S/c1-12(2)18-19(26-16-8-14(20)7-15(21)9-16)25(17(10-22)24-18)11-13-3-5-23-6-4-13/h3-9,12H,10-11,22H2,1-2H3. The minimum Gasteiger partial charge on any atom is -0.324 e. The summed E-state index contributed by atoms with van der Waals surface area (Å²) >= 11 is 1.30. The van der Waals surface area contributed by atoms with E-state index in [0.717, 1.165) is 28.2 Å². The Bertz CT molecular complexity index is 874. The molecule has 0 aliphatic carbocycles. The average molecular weight is 374 g/mol. The third-order valence-electron chi connectivity index (χ3n) is 3.90. The van der Waals surface area contributed by atoms with Crippen molar-refractivity contribution < 1.29 is 8.78 Å². The zero-order valence-electron chi connectivity index (χ0n) is 14.6. The van der Waals surface area contributed by atoms with Crippen LogP contribution in [0.15, 0.2) is 52.6 Å². The van der Waals surface area contributed by atoms with E-state index >= 15 is 0 Å². The van der Waals surface area contributed by atoms with Crippen molar-refractivity contribution in [1.82, 2.24) is 14.5 Å². The van der Waals surface area contributed by atoms with E-state index in [1.54, 1.807) is 12.4 Å². The maximum atomic E-state index is 13.6. The van der Waals surface area contributed by atoms with Crippen LogP contribution in [0.5, 0.6) is 0 Å². The topological polar surface area (TPSA) is 56.7 Å². The molecule has 3 aromatic rings. The number of pyridine rings is 1. The first-order valence-corrected chi connectivity index (χ1v) is 9.11. The lowest BCUT2D eigenvalue weighted by Gasteiger charge is -2.13. The van der Waals surface area contributed by atoms with E-state index in [1.165, 1.54) is 23.9 Å². The van der Waals surface area contributed by atoms with Crippen molar-refractivity contribution in [2.24, 2.45) is 5.73 Å². The minimum atomic E-state index is -0.599. The second kappa shape index (κ2) is 7.97. The summed E-state index contributed by atoms with van der Waals surface area (Å²) < 4.78 is 29.2. The first-order chi connectivity index (χ1) is 12.5. The molecule has 3 rings (SSSR count). The highest BCUT2D eigenvalue weighted by atomic mass is 32.2. The molecule has 0 amide bonds. The first-order valence-electron chi connectivity index (χ1n) is 8.30. The van der Waals surface area contributed by atoms with Gasteiger partial charge in [-0.05, 0) is 35.7 Å². The van der Waals surface area contributed by atoms with Crippen molar-refractivity contribution in [2.75, 3.05) is 0 Å². The van der Waals surface area contributed by atoms with Gasteiger partial charge >= 0.3 is 0 Å². The average Bonchev–Trinajstić information content (AvgIpc) is 2.93. The van der Waals surface area contributed by atoms with Gasteiger partial charge in [0.05, 0.1) is 12.2 Å². The Morgan fingerprint density at radius 2 is 1.77 bits per heavy atom. The van der Waals surface area contributed by atoms with Crippen LogP contribution >= 0.6 is 11.8 Å². The molecule has 2 heterocycles. The maximum Gasteiger partial charge on any atom is 0.127 e. The zero-order chi connectivity index (χ0) is 18.7. The van der Waals surface area contributed by atoms with E-state index < -0.39 is 11.6 Å². The second-order valence-electron chi connectivity index (χ2n) is 6.23. The number of hydrogen-bond acceptors (Lipinski definition) is 4. The summed E-state index contributed by atoms with van der Waals surface area (Å²) in [7, 11) is 0. The molecule has 1 aromatic carbocycles. The molecular formula is C19H20F2N4S. The molecule has 0 saturated carbocycles. The number of benzene rings is 1. The van der Waals surface area contributed by atoms with Gasteiger partial charge in [-0.2, -0.15) is 0 Å². The number of nitrogens with two attached hydrogens (primary N) is 1. The Kier molecular flexibility index (Phi) is 5.68. The van der Waals surface area contributed by atoms with Crippen LogP contribution in [0, 0.1) is 11.6 Å². The number of aromatic nitrogens is 3. The molecule has 0 saturated heterocycles. The monoisotopic (exact) mass is 374 g/mol. The van der Waals surface area contributed by atoms with Gasteiger partial charge in [-0.25, -0.2) is 13.8 Å². The Labute approximate surface area is 155 Å². The van der Waals surface area contributed by atoms with E-state index in [0.29, 0.717) is 11.4 Å². The van der Waals surface area contributed by atoms with Gasteiger partial charge in [0.25, 0.3) is 0 Å². The van der Waals surface area contributed by atoms with Crippen molar-refractivity contribution in [3.05, 3.63) is 71.4 Å². The van der Waals surface area contributed by atoms with Crippen molar-refractivity contribution in [3.63, 3.8) is 0 Å². The Balaban J connectivity index is 2.07. The highest BCUT2D eigenvalue weighted by Gasteiger charge is 2.20. The minimum absolute atomic E-state index is 0.153. The van der Waals surface area contributed by atoms with Crippen molar-refractivity contribution in [3.8, 4) is 0 Å². The van der Waals surface area contributed by atoms with Gasteiger partial charge in [0.2, 0.25) is 0 Å². The third kappa shape index (κ3) is 4.11. The van der Waals surface area contributed by atoms with Gasteiger partial charge in [0, 0.05) is 29.9 Å². The molecule has 0 unspecified atom stereocenters. The first kappa shape index (κ1) is 18.5. The Morgan fingerprint density at radius 3 is 2.35 bits per heavy atom. The highest BCUT2D eigenvalue weighted by molar-refractivity contribution is 7.99. The largest absolute Gasteiger partial charge is 0.324 e. The van der Waals surface area contributed by atoms with Crippen LogP contribution in [-0.4, -0.2) is 14.5 Å². The van der Waals surface area contributed by atoms with Crippen LogP contribution in [0.1, 0.15) is 36.8 Å². The molecule has 0 radical (unpaired) electrons. The quantitative estimate of drug-likeness (QED) is 0.697. The van der Waals surface area contributed by atoms with Crippen molar-refractivity contribution in [1.29, 1.82) is 0 Å². The molecule has 0 bridgehead atoms. The van der Waals surface area contributed by atoms with Gasteiger partial charge in [-0.1, -0.05) is 25.6 Å². The van der Waals surface area contributed by atoms with Crippen LogP contribution in [0.25, 0.3) is 0 Å². The summed E-state index contributed by atoms with van der Waals surface area (Å²) in [5.41, 5.74) is 7.82.